The molecule has 0 aromatic heterocycles. The summed E-state index contributed by atoms with van der Waals surface area (Å²) in [5, 5.41) is 6.54. The first-order chi connectivity index (χ1) is 17.5. The molecule has 3 aromatic rings. The number of anilines is 2. The highest BCUT2D eigenvalue weighted by atomic mass is 16.5. The fourth-order valence-corrected chi connectivity index (χ4v) is 4.18. The molecule has 2 N–H and O–H groups in total. The number of likely N-dealkylation sites (N-methyl/N-ethyl adjacent to an activating group) is 1. The van der Waals surface area contributed by atoms with Crippen LogP contribution in [0.4, 0.5) is 11.4 Å². The number of carbonyl (C=O) groups excluding carboxylic acids is 1. The fraction of sp³-hybridized carbons (Fsp3) is 0.323. The van der Waals surface area contributed by atoms with Crippen LogP contribution in [0.2, 0.25) is 0 Å². The Balaban J connectivity index is 1.78. The van der Waals surface area contributed by atoms with Crippen molar-refractivity contribution in [2.24, 2.45) is 0 Å². The second-order valence-electron chi connectivity index (χ2n) is 9.17. The van der Waals surface area contributed by atoms with Crippen LogP contribution in [0.3, 0.4) is 0 Å². The van der Waals surface area contributed by atoms with Gasteiger partial charge in [0.15, 0.2) is 0 Å². The van der Waals surface area contributed by atoms with E-state index in [2.05, 4.69) is 66.4 Å². The third kappa shape index (κ3) is 8.08. The first-order valence-corrected chi connectivity index (χ1v) is 12.6. The molecule has 0 aliphatic carbocycles. The van der Waals surface area contributed by atoms with E-state index in [4.69, 9.17) is 4.74 Å². The average molecular weight is 486 g/mol. The molecule has 3 rings (SSSR count). The summed E-state index contributed by atoms with van der Waals surface area (Å²) >= 11 is 0. The molecule has 1 unspecified atom stereocenters. The van der Waals surface area contributed by atoms with E-state index in [1.807, 2.05) is 49.5 Å². The molecule has 3 aromatic carbocycles. The molecule has 0 radical (unpaired) electrons. The van der Waals surface area contributed by atoms with Crippen molar-refractivity contribution in [1.29, 1.82) is 0 Å². The molecule has 190 valence electrons. The molecule has 0 heterocycles. The fourth-order valence-electron chi connectivity index (χ4n) is 4.18. The van der Waals surface area contributed by atoms with Crippen LogP contribution in [0.15, 0.2) is 79.4 Å². The summed E-state index contributed by atoms with van der Waals surface area (Å²) in [6.07, 6.45) is 5.50. The van der Waals surface area contributed by atoms with Crippen molar-refractivity contribution < 1.29 is 9.53 Å². The van der Waals surface area contributed by atoms with Crippen molar-refractivity contribution in [3.63, 3.8) is 0 Å². The van der Waals surface area contributed by atoms with Crippen LogP contribution in [0.1, 0.15) is 45.9 Å². The molecule has 5 nitrogen and oxygen atoms in total. The molecule has 0 aliphatic heterocycles. The zero-order valence-electron chi connectivity index (χ0n) is 21.8. The number of nitrogens with zero attached hydrogens (tertiary/aromatic N) is 1. The highest BCUT2D eigenvalue weighted by molar-refractivity contribution is 5.80. The van der Waals surface area contributed by atoms with Crippen LogP contribution in [0, 0.1) is 6.92 Å². The van der Waals surface area contributed by atoms with Gasteiger partial charge in [0.25, 0.3) is 0 Å². The predicted octanol–water partition coefficient (Wildman–Crippen LogP) is 6.33. The van der Waals surface area contributed by atoms with Crippen molar-refractivity contribution >= 4 is 17.7 Å². The Morgan fingerprint density at radius 3 is 2.42 bits per heavy atom. The van der Waals surface area contributed by atoms with Crippen molar-refractivity contribution in [3.8, 4) is 5.75 Å². The van der Waals surface area contributed by atoms with Crippen LogP contribution in [0.25, 0.3) is 0 Å². The molecule has 0 fully saturated rings. The van der Waals surface area contributed by atoms with E-state index in [1.165, 1.54) is 11.1 Å². The molecule has 0 spiro atoms. The van der Waals surface area contributed by atoms with Gasteiger partial charge in [-0.25, -0.2) is 0 Å². The summed E-state index contributed by atoms with van der Waals surface area (Å²) in [6.45, 7) is 8.46. The zero-order chi connectivity index (χ0) is 25.8. The summed E-state index contributed by atoms with van der Waals surface area (Å²) in [5.74, 6) is 0.877. The van der Waals surface area contributed by atoms with Crippen LogP contribution >= 0.6 is 0 Å². The van der Waals surface area contributed by atoms with Gasteiger partial charge in [0.05, 0.1) is 6.61 Å². The Morgan fingerprint density at radius 2 is 1.75 bits per heavy atom. The topological polar surface area (TPSA) is 53.6 Å². The first kappa shape index (κ1) is 27.2. The highest BCUT2D eigenvalue weighted by Crippen LogP contribution is 2.29. The maximum absolute atomic E-state index is 12.1. The molecular weight excluding hydrogens is 446 g/mol. The summed E-state index contributed by atoms with van der Waals surface area (Å²) in [5.41, 5.74) is 6.05. The molecule has 0 bridgehead atoms. The number of rotatable bonds is 15. The van der Waals surface area contributed by atoms with Crippen molar-refractivity contribution in [2.45, 2.75) is 32.2 Å². The summed E-state index contributed by atoms with van der Waals surface area (Å²) in [7, 11) is 4.08. The number of benzene rings is 3. The van der Waals surface area contributed by atoms with Gasteiger partial charge < -0.3 is 15.4 Å². The third-order valence-corrected chi connectivity index (χ3v) is 6.35. The molecular formula is C31H39N3O2. The van der Waals surface area contributed by atoms with E-state index in [9.17, 15) is 4.79 Å². The number of carbonyl (C=O) groups is 1. The maximum atomic E-state index is 12.1. The Bertz CT molecular complexity index is 1090. The van der Waals surface area contributed by atoms with Gasteiger partial charge >= 0.3 is 0 Å². The Kier molecular flexibility index (Phi) is 10.7. The molecule has 0 aliphatic rings. The molecule has 36 heavy (non-hydrogen) atoms. The molecule has 5 heteroatoms. The average Bonchev–Trinajstić information content (AvgIpc) is 2.90. The summed E-state index contributed by atoms with van der Waals surface area (Å²) in [4.78, 5) is 14.4. The van der Waals surface area contributed by atoms with Crippen LogP contribution in [0.5, 0.6) is 5.75 Å². The highest BCUT2D eigenvalue weighted by Gasteiger charge is 2.19. The first-order valence-electron chi connectivity index (χ1n) is 12.6. The number of aryl methyl sites for hydroxylation is 1. The van der Waals surface area contributed by atoms with E-state index in [-0.39, 0.29) is 6.04 Å². The molecule has 0 amide bonds. The molecule has 0 saturated heterocycles. The lowest BCUT2D eigenvalue weighted by Gasteiger charge is -2.29. The van der Waals surface area contributed by atoms with Crippen LogP contribution in [-0.4, -0.2) is 45.0 Å². The van der Waals surface area contributed by atoms with E-state index in [1.54, 1.807) is 0 Å². The monoisotopic (exact) mass is 485 g/mol. The van der Waals surface area contributed by atoms with Gasteiger partial charge in [-0.3, -0.25) is 9.69 Å². The zero-order valence-corrected chi connectivity index (χ0v) is 21.8. The van der Waals surface area contributed by atoms with Crippen molar-refractivity contribution in [3.05, 3.63) is 102 Å². The third-order valence-electron chi connectivity index (χ3n) is 6.35. The lowest BCUT2D eigenvalue weighted by atomic mass is 9.94. The molecule has 1 atom stereocenters. The Morgan fingerprint density at radius 1 is 1.03 bits per heavy atom. The van der Waals surface area contributed by atoms with Gasteiger partial charge in [0.2, 0.25) is 0 Å². The van der Waals surface area contributed by atoms with Gasteiger partial charge in [-0.1, -0.05) is 42.0 Å². The van der Waals surface area contributed by atoms with E-state index in [0.29, 0.717) is 12.2 Å². The minimum atomic E-state index is 0.123. The second-order valence-corrected chi connectivity index (χ2v) is 9.17. The maximum Gasteiger partial charge on any atom is 0.150 e. The molecule has 0 saturated carbocycles. The van der Waals surface area contributed by atoms with Gasteiger partial charge in [0.1, 0.15) is 12.0 Å². The summed E-state index contributed by atoms with van der Waals surface area (Å²) < 4.78 is 5.87. The van der Waals surface area contributed by atoms with E-state index >= 15 is 0 Å². The number of hydrogen-bond donors (Lipinski definition) is 2. The Hall–Kier alpha value is -3.41. The Labute approximate surface area is 216 Å². The van der Waals surface area contributed by atoms with Crippen LogP contribution in [-0.2, 0) is 6.42 Å². The van der Waals surface area contributed by atoms with Crippen molar-refractivity contribution in [2.75, 3.05) is 39.1 Å². The van der Waals surface area contributed by atoms with Gasteiger partial charge in [0, 0.05) is 29.5 Å². The normalized spacial score (nSPS) is 11.8. The number of ether oxygens (including phenoxy) is 1. The minimum absolute atomic E-state index is 0.123. The van der Waals surface area contributed by atoms with Crippen molar-refractivity contribution in [1.82, 2.24) is 10.2 Å². The number of nitrogens with one attached hydrogen (secondary N) is 2. The second kappa shape index (κ2) is 14.2. The summed E-state index contributed by atoms with van der Waals surface area (Å²) in [6, 6.07) is 22.7. The number of aldehydes is 1. The largest absolute Gasteiger partial charge is 0.494 e. The van der Waals surface area contributed by atoms with Gasteiger partial charge in [-0.2, -0.15) is 0 Å². The standard InChI is InChI=1S/C31H39N3O2/c1-5-6-19-34(4)31(25-11-16-30(17-12-25)36-20-7-18-32-3)22-26-10-15-29(21-27(26)23-35)33-28-13-8-24(2)9-14-28/h5,8-17,21,23,31-33H,1,6-7,18-20,22H2,2-4H3. The quantitative estimate of drug-likeness (QED) is 0.150. The van der Waals surface area contributed by atoms with E-state index < -0.39 is 0 Å². The lowest BCUT2D eigenvalue weighted by Crippen LogP contribution is -2.27. The van der Waals surface area contributed by atoms with Crippen LogP contribution < -0.4 is 15.4 Å². The van der Waals surface area contributed by atoms with E-state index in [0.717, 1.165) is 61.3 Å². The SMILES string of the molecule is C=CCCN(C)C(Cc1ccc(Nc2ccc(C)cc2)cc1C=O)c1ccc(OCCCNC)cc1. The van der Waals surface area contributed by atoms with Gasteiger partial charge in [-0.05, 0) is 94.4 Å². The smallest absolute Gasteiger partial charge is 0.150 e. The predicted molar refractivity (Wildman–Crippen MR) is 151 cm³/mol. The minimum Gasteiger partial charge on any atom is -0.494 e. The lowest BCUT2D eigenvalue weighted by molar-refractivity contribution is 0.112. The van der Waals surface area contributed by atoms with Gasteiger partial charge in [-0.15, -0.1) is 6.58 Å². The number of hydrogen-bond acceptors (Lipinski definition) is 5.